The Morgan fingerprint density at radius 1 is 1.28 bits per heavy atom. The molecule has 8 nitrogen and oxygen atoms in total. The molecule has 0 aliphatic carbocycles. The number of carbonyl (C=O) groups is 3. The fraction of sp³-hybridized carbons (Fsp3) is 0.294. The minimum atomic E-state index is -4.62. The number of hydrogen-bond acceptors (Lipinski definition) is 6. The highest BCUT2D eigenvalue weighted by atomic mass is 35.5. The third-order valence-electron chi connectivity index (χ3n) is 3.38. The molecule has 0 unspecified atom stereocenters. The summed E-state index contributed by atoms with van der Waals surface area (Å²) in [6.07, 6.45) is -2.55. The number of halogens is 4. The number of amides is 2. The summed E-state index contributed by atoms with van der Waals surface area (Å²) in [7, 11) is 0. The molecule has 0 aliphatic heterocycles. The van der Waals surface area contributed by atoms with Crippen molar-refractivity contribution in [3.05, 3.63) is 47.0 Å². The van der Waals surface area contributed by atoms with E-state index in [2.05, 4.69) is 15.6 Å². The van der Waals surface area contributed by atoms with Crippen LogP contribution in [0.2, 0.25) is 5.02 Å². The van der Waals surface area contributed by atoms with Crippen LogP contribution in [0.15, 0.2) is 35.1 Å². The van der Waals surface area contributed by atoms with Crippen molar-refractivity contribution in [2.75, 3.05) is 18.5 Å². The van der Waals surface area contributed by atoms with Crippen molar-refractivity contribution in [2.24, 2.45) is 0 Å². The zero-order valence-electron chi connectivity index (χ0n) is 14.7. The molecule has 2 rings (SSSR count). The fourth-order valence-electron chi connectivity index (χ4n) is 2.00. The molecule has 0 atom stereocenters. The third kappa shape index (κ3) is 7.11. The second-order valence-corrected chi connectivity index (χ2v) is 6.00. The van der Waals surface area contributed by atoms with Gasteiger partial charge in [0.2, 0.25) is 0 Å². The lowest BCUT2D eigenvalue weighted by Crippen LogP contribution is -2.25. The van der Waals surface area contributed by atoms with Gasteiger partial charge in [0.15, 0.2) is 18.2 Å². The van der Waals surface area contributed by atoms with Crippen molar-refractivity contribution < 1.29 is 36.7 Å². The minimum absolute atomic E-state index is 0.0645. The molecule has 0 fully saturated rings. The molecule has 0 spiro atoms. The maximum absolute atomic E-state index is 12.5. The molecule has 2 aromatic rings. The number of pyridine rings is 1. The van der Waals surface area contributed by atoms with E-state index < -0.39 is 41.2 Å². The number of furan rings is 1. The molecule has 12 heteroatoms. The highest BCUT2D eigenvalue weighted by molar-refractivity contribution is 6.33. The smallest absolute Gasteiger partial charge is 0.417 e. The molecule has 29 heavy (non-hydrogen) atoms. The number of aromatic nitrogens is 1. The lowest BCUT2D eigenvalue weighted by molar-refractivity contribution is -0.147. The Morgan fingerprint density at radius 2 is 2.03 bits per heavy atom. The summed E-state index contributed by atoms with van der Waals surface area (Å²) < 4.78 is 47.3. The monoisotopic (exact) mass is 433 g/mol. The SMILES string of the molecule is O=C(COC(=O)CCCNC(=O)c1ccco1)Nc1ncc(C(F)(F)F)cc1Cl. The van der Waals surface area contributed by atoms with Crippen LogP contribution in [-0.2, 0) is 20.5 Å². The summed E-state index contributed by atoms with van der Waals surface area (Å²) in [5, 5.41) is 4.27. The zero-order valence-corrected chi connectivity index (χ0v) is 15.5. The van der Waals surface area contributed by atoms with Crippen molar-refractivity contribution in [2.45, 2.75) is 19.0 Å². The highest BCUT2D eigenvalue weighted by Gasteiger charge is 2.31. The molecule has 2 aromatic heterocycles. The molecule has 0 saturated carbocycles. The van der Waals surface area contributed by atoms with Gasteiger partial charge in [-0.2, -0.15) is 13.2 Å². The van der Waals surface area contributed by atoms with Crippen molar-refractivity contribution >= 4 is 35.2 Å². The molecular formula is C17H15ClF3N3O5. The van der Waals surface area contributed by atoms with E-state index in [1.54, 1.807) is 6.07 Å². The van der Waals surface area contributed by atoms with Crippen LogP contribution in [0.5, 0.6) is 0 Å². The van der Waals surface area contributed by atoms with Crippen LogP contribution in [0.4, 0.5) is 19.0 Å². The van der Waals surface area contributed by atoms with E-state index in [1.807, 2.05) is 0 Å². The number of carbonyl (C=O) groups excluding carboxylic acids is 3. The average Bonchev–Trinajstić information content (AvgIpc) is 3.19. The molecular weight excluding hydrogens is 419 g/mol. The van der Waals surface area contributed by atoms with Crippen molar-refractivity contribution in [1.29, 1.82) is 0 Å². The van der Waals surface area contributed by atoms with Crippen molar-refractivity contribution in [3.8, 4) is 0 Å². The lowest BCUT2D eigenvalue weighted by atomic mass is 10.3. The van der Waals surface area contributed by atoms with Gasteiger partial charge >= 0.3 is 12.1 Å². The van der Waals surface area contributed by atoms with E-state index in [4.69, 9.17) is 20.8 Å². The van der Waals surface area contributed by atoms with E-state index in [-0.39, 0.29) is 31.0 Å². The van der Waals surface area contributed by atoms with E-state index in [0.717, 1.165) is 0 Å². The molecule has 156 valence electrons. The summed E-state index contributed by atoms with van der Waals surface area (Å²) in [4.78, 5) is 38.3. The average molecular weight is 434 g/mol. The first-order valence-corrected chi connectivity index (χ1v) is 8.54. The number of anilines is 1. The second kappa shape index (κ2) is 9.92. The summed E-state index contributed by atoms with van der Waals surface area (Å²) >= 11 is 5.66. The van der Waals surface area contributed by atoms with Crippen LogP contribution in [0.1, 0.15) is 29.0 Å². The Balaban J connectivity index is 1.68. The predicted octanol–water partition coefficient (Wildman–Crippen LogP) is 3.04. The van der Waals surface area contributed by atoms with Crippen LogP contribution >= 0.6 is 11.6 Å². The molecule has 0 radical (unpaired) electrons. The number of alkyl halides is 3. The Bertz CT molecular complexity index is 872. The number of hydrogen-bond donors (Lipinski definition) is 2. The Kier molecular flexibility index (Phi) is 7.59. The topological polar surface area (TPSA) is 111 Å². The molecule has 0 aliphatic rings. The van der Waals surface area contributed by atoms with E-state index in [0.29, 0.717) is 12.3 Å². The van der Waals surface area contributed by atoms with Gasteiger partial charge in [-0.25, -0.2) is 4.98 Å². The van der Waals surface area contributed by atoms with Crippen molar-refractivity contribution in [1.82, 2.24) is 10.3 Å². The number of ether oxygens (including phenoxy) is 1. The quantitative estimate of drug-likeness (QED) is 0.489. The van der Waals surface area contributed by atoms with Crippen LogP contribution in [0.3, 0.4) is 0 Å². The van der Waals surface area contributed by atoms with Gasteiger partial charge in [0.1, 0.15) is 0 Å². The summed E-state index contributed by atoms with van der Waals surface area (Å²) in [6.45, 7) is -0.484. The zero-order chi connectivity index (χ0) is 21.4. The molecule has 2 N–H and O–H groups in total. The van der Waals surface area contributed by atoms with E-state index in [1.165, 1.54) is 12.3 Å². The molecule has 0 bridgehead atoms. The van der Waals surface area contributed by atoms with Crippen molar-refractivity contribution in [3.63, 3.8) is 0 Å². The molecule has 0 saturated heterocycles. The normalized spacial score (nSPS) is 11.0. The van der Waals surface area contributed by atoms with Gasteiger partial charge in [-0.1, -0.05) is 11.6 Å². The number of rotatable bonds is 8. The van der Waals surface area contributed by atoms with Gasteiger partial charge in [0.05, 0.1) is 16.8 Å². The molecule has 0 aromatic carbocycles. The van der Waals surface area contributed by atoms with Crippen LogP contribution in [-0.4, -0.2) is 35.9 Å². The first-order valence-electron chi connectivity index (χ1n) is 8.16. The van der Waals surface area contributed by atoms with Crippen LogP contribution < -0.4 is 10.6 Å². The standard InChI is InChI=1S/C17H15ClF3N3O5/c18-11-7-10(17(19,20)21)8-23-15(11)24-13(25)9-29-14(26)4-1-5-22-16(27)12-3-2-6-28-12/h2-3,6-8H,1,4-5,9H2,(H,22,27)(H,23,24,25). The Morgan fingerprint density at radius 3 is 2.66 bits per heavy atom. The van der Waals surface area contributed by atoms with Gasteiger partial charge in [0.25, 0.3) is 11.8 Å². The predicted molar refractivity (Wildman–Crippen MR) is 94.1 cm³/mol. The maximum Gasteiger partial charge on any atom is 0.417 e. The van der Waals surface area contributed by atoms with E-state index >= 15 is 0 Å². The highest BCUT2D eigenvalue weighted by Crippen LogP contribution is 2.32. The second-order valence-electron chi connectivity index (χ2n) is 5.60. The number of esters is 1. The fourth-order valence-corrected chi connectivity index (χ4v) is 2.21. The van der Waals surface area contributed by atoms with Crippen LogP contribution in [0.25, 0.3) is 0 Å². The lowest BCUT2D eigenvalue weighted by Gasteiger charge is -2.10. The van der Waals surface area contributed by atoms with Gasteiger partial charge in [-0.05, 0) is 24.6 Å². The third-order valence-corrected chi connectivity index (χ3v) is 3.67. The molecule has 2 amide bonds. The minimum Gasteiger partial charge on any atom is -0.459 e. The largest absolute Gasteiger partial charge is 0.459 e. The summed E-state index contributed by atoms with van der Waals surface area (Å²) in [6, 6.07) is 3.66. The first-order chi connectivity index (χ1) is 13.7. The van der Waals surface area contributed by atoms with Gasteiger partial charge in [0, 0.05) is 19.2 Å². The number of nitrogens with zero attached hydrogens (tertiary/aromatic N) is 1. The van der Waals surface area contributed by atoms with E-state index in [9.17, 15) is 27.6 Å². The molecule has 2 heterocycles. The first kappa shape index (κ1) is 22.2. The summed E-state index contributed by atoms with van der Waals surface area (Å²) in [5.74, 6) is -2.10. The van der Waals surface area contributed by atoms with Gasteiger partial charge in [-0.3, -0.25) is 14.4 Å². The Hall–Kier alpha value is -3.08. The number of nitrogens with one attached hydrogen (secondary N) is 2. The van der Waals surface area contributed by atoms with Gasteiger partial charge < -0.3 is 19.8 Å². The van der Waals surface area contributed by atoms with Gasteiger partial charge in [-0.15, -0.1) is 0 Å². The maximum atomic E-state index is 12.5. The summed E-state index contributed by atoms with van der Waals surface area (Å²) in [5.41, 5.74) is -1.06. The van der Waals surface area contributed by atoms with Crippen LogP contribution in [0, 0.1) is 0 Å². The Labute approximate surface area is 167 Å².